The Kier molecular flexibility index (Phi) is 5.21. The highest BCUT2D eigenvalue weighted by atomic mass is 16.6. The van der Waals surface area contributed by atoms with E-state index in [0.29, 0.717) is 12.1 Å². The van der Waals surface area contributed by atoms with Gasteiger partial charge in [0.25, 0.3) is 0 Å². The van der Waals surface area contributed by atoms with Crippen LogP contribution in [0, 0.1) is 16.0 Å². The van der Waals surface area contributed by atoms with Crippen LogP contribution in [-0.4, -0.2) is 33.0 Å². The summed E-state index contributed by atoms with van der Waals surface area (Å²) in [5.74, 6) is -1.06. The van der Waals surface area contributed by atoms with Crippen molar-refractivity contribution in [1.82, 2.24) is 5.43 Å². The van der Waals surface area contributed by atoms with Crippen molar-refractivity contribution < 1.29 is 19.9 Å². The van der Waals surface area contributed by atoms with Crippen LogP contribution in [0.4, 0.5) is 11.4 Å². The van der Waals surface area contributed by atoms with Crippen molar-refractivity contribution in [3.8, 4) is 11.5 Å². The first-order chi connectivity index (χ1) is 13.3. The number of nitro benzene ring substituents is 1. The predicted octanol–water partition coefficient (Wildman–Crippen LogP) is 2.31. The molecule has 3 rings (SSSR count). The zero-order valence-corrected chi connectivity index (χ0v) is 14.8. The molecule has 0 fully saturated rings. The molecule has 0 radical (unpaired) electrons. The monoisotopic (exact) mass is 383 g/mol. The molecule has 2 aromatic carbocycles. The largest absolute Gasteiger partial charge is 0.507 e. The van der Waals surface area contributed by atoms with Crippen LogP contribution < -0.4 is 10.9 Å². The molecular formula is C18H17N5O5. The lowest BCUT2D eigenvalue weighted by Crippen LogP contribution is -2.31. The predicted molar refractivity (Wildman–Crippen MR) is 103 cm³/mol. The second-order valence-electron chi connectivity index (χ2n) is 6.24. The molecule has 0 aromatic heterocycles. The Bertz CT molecular complexity index is 985. The molecule has 1 atom stereocenters. The summed E-state index contributed by atoms with van der Waals surface area (Å²) in [7, 11) is 0. The number of nitro groups is 1. The molecule has 10 heteroatoms. The number of carbonyl (C=O) groups is 1. The van der Waals surface area contributed by atoms with E-state index in [2.05, 4.69) is 21.1 Å². The number of phenolic OH excluding ortho intramolecular Hbond substituents is 2. The fourth-order valence-electron chi connectivity index (χ4n) is 2.73. The summed E-state index contributed by atoms with van der Waals surface area (Å²) < 4.78 is 0. The molecule has 0 saturated carbocycles. The number of amides is 1. The Morgan fingerprint density at radius 2 is 2.00 bits per heavy atom. The molecule has 1 aliphatic heterocycles. The number of carbonyl (C=O) groups excluding carboxylic acids is 1. The molecule has 0 aliphatic carbocycles. The Morgan fingerprint density at radius 3 is 2.64 bits per heavy atom. The summed E-state index contributed by atoms with van der Waals surface area (Å²) in [6.07, 6.45) is 1.59. The van der Waals surface area contributed by atoms with Crippen LogP contribution in [0.5, 0.6) is 11.5 Å². The first kappa shape index (κ1) is 18.8. The number of phenols is 2. The summed E-state index contributed by atoms with van der Waals surface area (Å²) in [6.45, 7) is 1.93. The standard InChI is InChI=1S/C18H17N5O5/c1-10-6-17(26)21-22-18(10)11-2-4-13(5-3-11)20-19-9-12-7-14(23(27)28)16(25)8-15(12)24/h2-5,7-10,20,24-25H,6H2,1H3,(H,21,26). The van der Waals surface area contributed by atoms with Crippen molar-refractivity contribution >= 4 is 29.2 Å². The minimum atomic E-state index is -0.754. The van der Waals surface area contributed by atoms with E-state index in [1.165, 1.54) is 6.21 Å². The summed E-state index contributed by atoms with van der Waals surface area (Å²) in [5.41, 5.74) is 7.06. The summed E-state index contributed by atoms with van der Waals surface area (Å²) in [5, 5.41) is 38.1. The van der Waals surface area contributed by atoms with E-state index in [9.17, 15) is 25.1 Å². The number of aromatic hydroxyl groups is 2. The number of nitrogens with zero attached hydrogens (tertiary/aromatic N) is 3. The Hall–Kier alpha value is -3.95. The maximum atomic E-state index is 11.3. The van der Waals surface area contributed by atoms with Gasteiger partial charge in [0.15, 0.2) is 5.75 Å². The number of anilines is 1. The van der Waals surface area contributed by atoms with E-state index in [0.717, 1.165) is 23.4 Å². The SMILES string of the molecule is CC1CC(=O)NN=C1c1ccc(NN=Cc2cc([N+](=O)[O-])c(O)cc2O)cc1. The maximum absolute atomic E-state index is 11.3. The molecule has 0 bridgehead atoms. The van der Waals surface area contributed by atoms with Gasteiger partial charge in [-0.25, -0.2) is 5.43 Å². The average molecular weight is 383 g/mol. The van der Waals surface area contributed by atoms with Gasteiger partial charge in [-0.15, -0.1) is 0 Å². The van der Waals surface area contributed by atoms with Gasteiger partial charge in [0.1, 0.15) is 5.75 Å². The Labute approximate surface area is 159 Å². The highest BCUT2D eigenvalue weighted by molar-refractivity contribution is 6.05. The molecule has 0 saturated heterocycles. The van der Waals surface area contributed by atoms with Crippen LogP contribution in [0.25, 0.3) is 0 Å². The zero-order valence-electron chi connectivity index (χ0n) is 14.8. The fourth-order valence-corrected chi connectivity index (χ4v) is 2.73. The Balaban J connectivity index is 1.71. The number of nitrogens with one attached hydrogen (secondary N) is 2. The van der Waals surface area contributed by atoms with Crippen molar-refractivity contribution in [1.29, 1.82) is 0 Å². The zero-order chi connectivity index (χ0) is 20.3. The number of rotatable bonds is 5. The van der Waals surface area contributed by atoms with Gasteiger partial charge in [0.2, 0.25) is 5.91 Å². The lowest BCUT2D eigenvalue weighted by Gasteiger charge is -2.19. The van der Waals surface area contributed by atoms with Crippen LogP contribution in [0.15, 0.2) is 46.6 Å². The second kappa shape index (κ2) is 7.74. The number of hydrogen-bond acceptors (Lipinski definition) is 8. The molecule has 4 N–H and O–H groups in total. The van der Waals surface area contributed by atoms with E-state index in [4.69, 9.17) is 0 Å². The van der Waals surface area contributed by atoms with E-state index in [1.54, 1.807) is 12.1 Å². The number of benzene rings is 2. The topological polar surface area (TPSA) is 149 Å². The maximum Gasteiger partial charge on any atom is 0.311 e. The van der Waals surface area contributed by atoms with E-state index >= 15 is 0 Å². The molecule has 144 valence electrons. The van der Waals surface area contributed by atoms with Crippen LogP contribution in [-0.2, 0) is 4.79 Å². The summed E-state index contributed by atoms with van der Waals surface area (Å²) in [6, 6.07) is 9.09. The third-order valence-electron chi connectivity index (χ3n) is 4.16. The summed E-state index contributed by atoms with van der Waals surface area (Å²) in [4.78, 5) is 21.4. The highest BCUT2D eigenvalue weighted by Crippen LogP contribution is 2.32. The minimum absolute atomic E-state index is 0.0128. The fraction of sp³-hybridized carbons (Fsp3) is 0.167. The molecule has 1 unspecified atom stereocenters. The highest BCUT2D eigenvalue weighted by Gasteiger charge is 2.21. The van der Waals surface area contributed by atoms with Crippen molar-refractivity contribution in [3.63, 3.8) is 0 Å². The van der Waals surface area contributed by atoms with Crippen molar-refractivity contribution in [2.24, 2.45) is 16.1 Å². The van der Waals surface area contributed by atoms with Gasteiger partial charge < -0.3 is 10.2 Å². The van der Waals surface area contributed by atoms with Crippen LogP contribution in [0.3, 0.4) is 0 Å². The van der Waals surface area contributed by atoms with Gasteiger partial charge in [-0.2, -0.15) is 10.2 Å². The molecule has 0 spiro atoms. The van der Waals surface area contributed by atoms with Crippen LogP contribution >= 0.6 is 0 Å². The normalized spacial score (nSPS) is 16.5. The van der Waals surface area contributed by atoms with Crippen LogP contribution in [0.1, 0.15) is 24.5 Å². The van der Waals surface area contributed by atoms with Gasteiger partial charge in [-0.3, -0.25) is 20.3 Å². The third-order valence-corrected chi connectivity index (χ3v) is 4.16. The first-order valence-electron chi connectivity index (χ1n) is 8.31. The molecule has 1 aliphatic rings. The van der Waals surface area contributed by atoms with Gasteiger partial charge in [-0.05, 0) is 17.7 Å². The lowest BCUT2D eigenvalue weighted by atomic mass is 9.94. The summed E-state index contributed by atoms with van der Waals surface area (Å²) >= 11 is 0. The second-order valence-corrected chi connectivity index (χ2v) is 6.24. The van der Waals surface area contributed by atoms with Gasteiger partial charge in [0, 0.05) is 30.0 Å². The van der Waals surface area contributed by atoms with Gasteiger partial charge in [-0.1, -0.05) is 19.1 Å². The number of hydrazone groups is 2. The molecule has 10 nitrogen and oxygen atoms in total. The van der Waals surface area contributed by atoms with Crippen molar-refractivity contribution in [2.75, 3.05) is 5.43 Å². The van der Waals surface area contributed by atoms with Crippen molar-refractivity contribution in [3.05, 3.63) is 57.6 Å². The first-order valence-corrected chi connectivity index (χ1v) is 8.31. The smallest absolute Gasteiger partial charge is 0.311 e. The third kappa shape index (κ3) is 4.06. The molecule has 1 amide bonds. The number of hydrogen-bond donors (Lipinski definition) is 4. The minimum Gasteiger partial charge on any atom is -0.507 e. The molecular weight excluding hydrogens is 366 g/mol. The Morgan fingerprint density at radius 1 is 1.29 bits per heavy atom. The lowest BCUT2D eigenvalue weighted by molar-refractivity contribution is -0.385. The van der Waals surface area contributed by atoms with E-state index in [-0.39, 0.29) is 23.1 Å². The van der Waals surface area contributed by atoms with Crippen molar-refractivity contribution in [2.45, 2.75) is 13.3 Å². The molecule has 28 heavy (non-hydrogen) atoms. The molecule has 1 heterocycles. The quantitative estimate of drug-likeness (QED) is 0.353. The molecule has 2 aromatic rings. The van der Waals surface area contributed by atoms with Gasteiger partial charge >= 0.3 is 5.69 Å². The van der Waals surface area contributed by atoms with Crippen LogP contribution in [0.2, 0.25) is 0 Å². The average Bonchev–Trinajstić information content (AvgIpc) is 2.64. The van der Waals surface area contributed by atoms with Gasteiger partial charge in [0.05, 0.1) is 22.5 Å². The van der Waals surface area contributed by atoms with E-state index < -0.39 is 16.4 Å². The van der Waals surface area contributed by atoms with E-state index in [1.807, 2.05) is 19.1 Å².